The molecule has 0 aliphatic rings. The molecule has 2 aromatic carbocycles. The summed E-state index contributed by atoms with van der Waals surface area (Å²) < 4.78 is 5.10. The highest BCUT2D eigenvalue weighted by Gasteiger charge is 2.19. The average molecular weight is 307 g/mol. The second-order valence-electron chi connectivity index (χ2n) is 4.46. The lowest BCUT2D eigenvalue weighted by Crippen LogP contribution is -2.15. The second-order valence-corrected chi connectivity index (χ2v) is 4.87. The zero-order valence-corrected chi connectivity index (χ0v) is 12.4. The van der Waals surface area contributed by atoms with Gasteiger partial charge >= 0.3 is 5.97 Å². The molecule has 0 amide bonds. The molecular weight excluding hydrogens is 292 g/mol. The van der Waals surface area contributed by atoms with E-state index in [2.05, 4.69) is 0 Å². The third kappa shape index (κ3) is 3.03. The van der Waals surface area contributed by atoms with Gasteiger partial charge in [0.05, 0.1) is 23.4 Å². The Morgan fingerprint density at radius 1 is 1.29 bits per heavy atom. The lowest BCUT2D eigenvalue weighted by Gasteiger charge is -2.23. The molecule has 0 heterocycles. The topological polar surface area (TPSA) is 75.8 Å². The van der Waals surface area contributed by atoms with Crippen molar-refractivity contribution in [2.24, 2.45) is 0 Å². The van der Waals surface area contributed by atoms with Gasteiger partial charge in [0.25, 0.3) is 0 Å². The number of ether oxygens (including phenoxy) is 1. The van der Waals surface area contributed by atoms with E-state index in [1.54, 1.807) is 31.2 Å². The summed E-state index contributed by atoms with van der Waals surface area (Å²) in [6.07, 6.45) is 0. The molecule has 0 aliphatic carbocycles. The van der Waals surface area contributed by atoms with E-state index in [1.165, 1.54) is 12.1 Å². The normalized spacial score (nSPS) is 10.2. The molecule has 0 bridgehead atoms. The van der Waals surface area contributed by atoms with E-state index < -0.39 is 5.97 Å². The van der Waals surface area contributed by atoms with Crippen LogP contribution in [0.2, 0.25) is 5.02 Å². The fourth-order valence-electron chi connectivity index (χ4n) is 2.06. The minimum atomic E-state index is -1.08. The van der Waals surface area contributed by atoms with Crippen LogP contribution in [0.4, 0.5) is 17.1 Å². The third-order valence-corrected chi connectivity index (χ3v) is 3.40. The Hall–Kier alpha value is -2.40. The molecular formula is C15H15ClN2O3. The molecule has 21 heavy (non-hydrogen) atoms. The lowest BCUT2D eigenvalue weighted by molar-refractivity contribution is 0.0697. The molecule has 110 valence electrons. The van der Waals surface area contributed by atoms with E-state index in [-0.39, 0.29) is 10.6 Å². The zero-order valence-electron chi connectivity index (χ0n) is 11.6. The van der Waals surface area contributed by atoms with Crippen LogP contribution in [0.1, 0.15) is 10.4 Å². The molecule has 0 aliphatic heterocycles. The number of anilines is 3. The Labute approximate surface area is 127 Å². The van der Waals surface area contributed by atoms with E-state index >= 15 is 0 Å². The average Bonchev–Trinajstić information content (AvgIpc) is 2.46. The number of nitrogen functional groups attached to an aromatic ring is 1. The molecule has 0 spiro atoms. The third-order valence-electron chi connectivity index (χ3n) is 3.11. The number of rotatable bonds is 4. The number of benzene rings is 2. The minimum absolute atomic E-state index is 0.0540. The Kier molecular flexibility index (Phi) is 4.23. The Balaban J connectivity index is 2.51. The van der Waals surface area contributed by atoms with Crippen LogP contribution >= 0.6 is 11.6 Å². The SMILES string of the molecule is COc1ccc(N(C)c2c(Cl)cc(N)cc2C(=O)O)cc1. The minimum Gasteiger partial charge on any atom is -0.497 e. The van der Waals surface area contributed by atoms with Crippen LogP contribution in [0.25, 0.3) is 0 Å². The fourth-order valence-corrected chi connectivity index (χ4v) is 2.41. The van der Waals surface area contributed by atoms with Gasteiger partial charge in [-0.05, 0) is 36.4 Å². The van der Waals surface area contributed by atoms with Gasteiger partial charge in [0, 0.05) is 18.4 Å². The first-order valence-corrected chi connectivity index (χ1v) is 6.52. The van der Waals surface area contributed by atoms with Crippen LogP contribution in [0, 0.1) is 0 Å². The van der Waals surface area contributed by atoms with Gasteiger partial charge < -0.3 is 20.5 Å². The van der Waals surface area contributed by atoms with Crippen molar-refractivity contribution in [1.29, 1.82) is 0 Å². The monoisotopic (exact) mass is 306 g/mol. The molecule has 0 saturated heterocycles. The van der Waals surface area contributed by atoms with Crippen LogP contribution in [0.5, 0.6) is 5.75 Å². The highest BCUT2D eigenvalue weighted by Crippen LogP contribution is 2.36. The van der Waals surface area contributed by atoms with Crippen LogP contribution in [-0.2, 0) is 0 Å². The standard InChI is InChI=1S/C15H15ClN2O3/c1-18(10-3-5-11(21-2)6-4-10)14-12(15(19)20)7-9(17)8-13(14)16/h3-8H,17H2,1-2H3,(H,19,20). The van der Waals surface area contributed by atoms with Crippen molar-refractivity contribution in [1.82, 2.24) is 0 Å². The highest BCUT2D eigenvalue weighted by molar-refractivity contribution is 6.34. The van der Waals surface area contributed by atoms with Gasteiger partial charge in [-0.25, -0.2) is 4.79 Å². The molecule has 6 heteroatoms. The number of nitrogens with two attached hydrogens (primary N) is 1. The Bertz CT molecular complexity index is 671. The summed E-state index contributed by atoms with van der Waals surface area (Å²) in [5.41, 5.74) is 7.20. The molecule has 3 N–H and O–H groups in total. The first kappa shape index (κ1) is 15.0. The number of hydrogen-bond acceptors (Lipinski definition) is 4. The van der Waals surface area contributed by atoms with Gasteiger partial charge in [-0.1, -0.05) is 11.6 Å². The zero-order chi connectivity index (χ0) is 15.6. The summed E-state index contributed by atoms with van der Waals surface area (Å²) >= 11 is 6.17. The number of hydrogen-bond donors (Lipinski definition) is 2. The number of carboxylic acids is 1. The van der Waals surface area contributed by atoms with E-state index in [1.807, 2.05) is 12.1 Å². The molecule has 0 saturated carbocycles. The van der Waals surface area contributed by atoms with Crippen molar-refractivity contribution < 1.29 is 14.6 Å². The Morgan fingerprint density at radius 2 is 1.90 bits per heavy atom. The van der Waals surface area contributed by atoms with Gasteiger partial charge in [0.1, 0.15) is 5.75 Å². The van der Waals surface area contributed by atoms with Crippen molar-refractivity contribution in [2.45, 2.75) is 0 Å². The largest absolute Gasteiger partial charge is 0.497 e. The van der Waals surface area contributed by atoms with Crippen molar-refractivity contribution >= 4 is 34.6 Å². The van der Waals surface area contributed by atoms with Gasteiger partial charge in [-0.3, -0.25) is 0 Å². The number of aromatic carboxylic acids is 1. The number of carbonyl (C=O) groups is 1. The maximum absolute atomic E-state index is 11.4. The smallest absolute Gasteiger partial charge is 0.337 e. The van der Waals surface area contributed by atoms with Crippen LogP contribution in [0.15, 0.2) is 36.4 Å². The van der Waals surface area contributed by atoms with Crippen molar-refractivity contribution in [3.8, 4) is 5.75 Å². The summed E-state index contributed by atoms with van der Waals surface area (Å²) in [7, 11) is 3.32. The van der Waals surface area contributed by atoms with E-state index in [0.29, 0.717) is 17.1 Å². The van der Waals surface area contributed by atoms with Crippen molar-refractivity contribution in [2.75, 3.05) is 24.8 Å². The summed E-state index contributed by atoms with van der Waals surface area (Å²) in [4.78, 5) is 13.1. The van der Waals surface area contributed by atoms with Crippen molar-refractivity contribution in [3.05, 3.63) is 47.0 Å². The number of halogens is 1. The van der Waals surface area contributed by atoms with Gasteiger partial charge in [0.15, 0.2) is 0 Å². The number of carboxylic acid groups (broad SMARTS) is 1. The van der Waals surface area contributed by atoms with Crippen LogP contribution in [0.3, 0.4) is 0 Å². The summed E-state index contributed by atoms with van der Waals surface area (Å²) in [6, 6.07) is 10.1. The Morgan fingerprint density at radius 3 is 2.43 bits per heavy atom. The molecule has 0 fully saturated rings. The van der Waals surface area contributed by atoms with Crippen LogP contribution in [-0.4, -0.2) is 25.2 Å². The number of methoxy groups -OCH3 is 1. The molecule has 2 aromatic rings. The summed E-state index contributed by atoms with van der Waals surface area (Å²) in [5.74, 6) is -0.367. The van der Waals surface area contributed by atoms with E-state index in [4.69, 9.17) is 22.1 Å². The predicted molar refractivity (Wildman–Crippen MR) is 83.9 cm³/mol. The molecule has 0 atom stereocenters. The maximum Gasteiger partial charge on any atom is 0.337 e. The van der Waals surface area contributed by atoms with Crippen molar-refractivity contribution in [3.63, 3.8) is 0 Å². The molecule has 2 rings (SSSR count). The van der Waals surface area contributed by atoms with Gasteiger partial charge in [-0.2, -0.15) is 0 Å². The molecule has 0 radical (unpaired) electrons. The summed E-state index contributed by atoms with van der Waals surface area (Å²) in [6.45, 7) is 0. The van der Waals surface area contributed by atoms with E-state index in [0.717, 1.165) is 5.69 Å². The fraction of sp³-hybridized carbons (Fsp3) is 0.133. The molecule has 0 aromatic heterocycles. The predicted octanol–water partition coefficient (Wildman–Crippen LogP) is 3.40. The first-order chi connectivity index (χ1) is 9.93. The summed E-state index contributed by atoms with van der Waals surface area (Å²) in [5, 5.41) is 9.61. The quantitative estimate of drug-likeness (QED) is 0.847. The molecule has 0 unspecified atom stereocenters. The van der Waals surface area contributed by atoms with E-state index in [9.17, 15) is 9.90 Å². The lowest BCUT2D eigenvalue weighted by atomic mass is 10.1. The highest BCUT2D eigenvalue weighted by atomic mass is 35.5. The maximum atomic E-state index is 11.4. The first-order valence-electron chi connectivity index (χ1n) is 6.14. The van der Waals surface area contributed by atoms with Crippen LogP contribution < -0.4 is 15.4 Å². The van der Waals surface area contributed by atoms with Gasteiger partial charge in [0.2, 0.25) is 0 Å². The second kappa shape index (κ2) is 5.93. The molecule has 5 nitrogen and oxygen atoms in total. The van der Waals surface area contributed by atoms with Gasteiger partial charge in [-0.15, -0.1) is 0 Å². The number of nitrogens with zero attached hydrogens (tertiary/aromatic N) is 1.